The zero-order chi connectivity index (χ0) is 38.0. The van der Waals surface area contributed by atoms with Crippen molar-refractivity contribution < 1.29 is 0 Å². The standard InChI is InChI=1S/C53H36N4/c1-3-45-51(38-22-8-7-17-34(38)2)42-26-15-18-35-19-16-30-49(50(35)42)57(45)47-29-14-11-25-41(47)53-54-44-27-12-9-24-40(44)52(55-53)36-31-32-48-43(33-36)39-23-10-13-28-46(39)56(48)37-20-5-4-6-21-37/h3-33H,1H2,2H3. The molecule has 0 atom stereocenters. The topological polar surface area (TPSA) is 34.0 Å². The van der Waals surface area contributed by atoms with Gasteiger partial charge in [-0.25, -0.2) is 9.97 Å². The minimum atomic E-state index is 0.665. The first kappa shape index (κ1) is 32.8. The van der Waals surface area contributed by atoms with Crippen LogP contribution in [0.3, 0.4) is 0 Å². The van der Waals surface area contributed by atoms with Gasteiger partial charge in [0.1, 0.15) is 0 Å². The highest BCUT2D eigenvalue weighted by Gasteiger charge is 2.30. The third-order valence-corrected chi connectivity index (χ3v) is 11.4. The van der Waals surface area contributed by atoms with E-state index in [4.69, 9.17) is 9.97 Å². The summed E-state index contributed by atoms with van der Waals surface area (Å²) in [6.07, 6.45) is 2.00. The molecule has 0 aliphatic carbocycles. The summed E-state index contributed by atoms with van der Waals surface area (Å²) >= 11 is 0. The van der Waals surface area contributed by atoms with Crippen LogP contribution >= 0.6 is 0 Å². The molecule has 10 aromatic rings. The number of anilines is 2. The van der Waals surface area contributed by atoms with Gasteiger partial charge in [-0.15, -0.1) is 0 Å². The number of para-hydroxylation sites is 4. The van der Waals surface area contributed by atoms with Gasteiger partial charge in [-0.05, 0) is 89.7 Å². The van der Waals surface area contributed by atoms with E-state index in [-0.39, 0.29) is 0 Å². The van der Waals surface area contributed by atoms with Crippen LogP contribution < -0.4 is 4.90 Å². The molecule has 0 saturated heterocycles. The fraction of sp³-hybridized carbons (Fsp3) is 0.0189. The predicted molar refractivity (Wildman–Crippen MR) is 238 cm³/mol. The highest BCUT2D eigenvalue weighted by atomic mass is 15.2. The maximum Gasteiger partial charge on any atom is 0.162 e. The summed E-state index contributed by atoms with van der Waals surface area (Å²) in [7, 11) is 0. The van der Waals surface area contributed by atoms with Crippen LogP contribution in [-0.4, -0.2) is 14.5 Å². The molecular weight excluding hydrogens is 693 g/mol. The Bertz CT molecular complexity index is 3270. The second kappa shape index (κ2) is 13.0. The zero-order valence-corrected chi connectivity index (χ0v) is 31.4. The summed E-state index contributed by atoms with van der Waals surface area (Å²) in [5.74, 6) is 0.665. The van der Waals surface area contributed by atoms with E-state index in [0.717, 1.165) is 61.6 Å². The molecular formula is C53H36N4. The molecule has 4 nitrogen and oxygen atoms in total. The van der Waals surface area contributed by atoms with E-state index in [1.165, 1.54) is 43.8 Å². The van der Waals surface area contributed by atoms with Gasteiger partial charge in [0.2, 0.25) is 0 Å². The van der Waals surface area contributed by atoms with Crippen LogP contribution in [0.2, 0.25) is 0 Å². The van der Waals surface area contributed by atoms with Crippen molar-refractivity contribution in [3.63, 3.8) is 0 Å². The van der Waals surface area contributed by atoms with E-state index in [2.05, 4.69) is 205 Å². The second-order valence-electron chi connectivity index (χ2n) is 14.6. The summed E-state index contributed by atoms with van der Waals surface area (Å²) in [6, 6.07) is 64.6. The Morgan fingerprint density at radius 2 is 1.19 bits per heavy atom. The molecule has 268 valence electrons. The van der Waals surface area contributed by atoms with Crippen LogP contribution in [0.5, 0.6) is 0 Å². The third-order valence-electron chi connectivity index (χ3n) is 11.4. The predicted octanol–water partition coefficient (Wildman–Crippen LogP) is 13.6. The average Bonchev–Trinajstić information content (AvgIpc) is 3.60. The molecule has 57 heavy (non-hydrogen) atoms. The number of benzene rings is 8. The van der Waals surface area contributed by atoms with Crippen molar-refractivity contribution in [1.82, 2.24) is 14.5 Å². The number of hydrogen-bond donors (Lipinski definition) is 0. The van der Waals surface area contributed by atoms with Gasteiger partial charge in [-0.3, -0.25) is 0 Å². The van der Waals surface area contributed by atoms with Crippen molar-refractivity contribution in [2.45, 2.75) is 6.92 Å². The van der Waals surface area contributed by atoms with Crippen LogP contribution in [0.25, 0.3) is 77.4 Å². The molecule has 8 aromatic carbocycles. The van der Waals surface area contributed by atoms with Gasteiger partial charge in [0, 0.05) is 43.9 Å². The Balaban J connectivity index is 1.15. The number of aryl methyl sites for hydroxylation is 1. The Labute approximate surface area is 331 Å². The Hall–Kier alpha value is -7.56. The van der Waals surface area contributed by atoms with Crippen molar-refractivity contribution in [3.8, 4) is 28.3 Å². The SMILES string of the molecule is C=CC1=C(c2ccccc2C)c2cccc3cccc(c23)N1c1ccccc1-c1nc(-c2ccc3c(c2)c2ccccc2n3-c2ccccc2)c2ccccc2n1. The van der Waals surface area contributed by atoms with Crippen LogP contribution in [0.1, 0.15) is 16.7 Å². The Morgan fingerprint density at radius 1 is 0.526 bits per heavy atom. The molecule has 0 N–H and O–H groups in total. The monoisotopic (exact) mass is 728 g/mol. The van der Waals surface area contributed by atoms with Gasteiger partial charge in [-0.2, -0.15) is 0 Å². The summed E-state index contributed by atoms with van der Waals surface area (Å²) < 4.78 is 2.35. The van der Waals surface area contributed by atoms with E-state index < -0.39 is 0 Å². The molecule has 0 unspecified atom stereocenters. The molecule has 0 fully saturated rings. The first-order chi connectivity index (χ1) is 28.2. The average molecular weight is 729 g/mol. The van der Waals surface area contributed by atoms with Crippen LogP contribution in [0, 0.1) is 6.92 Å². The van der Waals surface area contributed by atoms with Crippen molar-refractivity contribution in [2.24, 2.45) is 0 Å². The molecule has 0 radical (unpaired) electrons. The molecule has 0 bridgehead atoms. The van der Waals surface area contributed by atoms with E-state index in [1.807, 2.05) is 6.08 Å². The van der Waals surface area contributed by atoms with Crippen LogP contribution in [0.15, 0.2) is 200 Å². The molecule has 3 heterocycles. The summed E-state index contributed by atoms with van der Waals surface area (Å²) in [5, 5.41) is 5.79. The molecule has 4 heteroatoms. The highest BCUT2D eigenvalue weighted by Crippen LogP contribution is 2.50. The fourth-order valence-electron chi connectivity index (χ4n) is 8.94. The van der Waals surface area contributed by atoms with Gasteiger partial charge in [0.15, 0.2) is 5.82 Å². The number of nitrogens with zero attached hydrogens (tertiary/aromatic N) is 4. The lowest BCUT2D eigenvalue weighted by molar-refractivity contribution is 1.18. The zero-order valence-electron chi connectivity index (χ0n) is 31.4. The normalized spacial score (nSPS) is 12.6. The minimum absolute atomic E-state index is 0.665. The maximum absolute atomic E-state index is 5.50. The lowest BCUT2D eigenvalue weighted by Gasteiger charge is -2.36. The quantitative estimate of drug-likeness (QED) is 0.171. The highest BCUT2D eigenvalue weighted by molar-refractivity contribution is 6.13. The van der Waals surface area contributed by atoms with Crippen molar-refractivity contribution >= 4 is 60.4 Å². The van der Waals surface area contributed by atoms with E-state index >= 15 is 0 Å². The number of fused-ring (bicyclic) bond motifs is 4. The molecule has 1 aliphatic rings. The van der Waals surface area contributed by atoms with Gasteiger partial charge in [-0.1, -0.05) is 134 Å². The largest absolute Gasteiger partial charge is 0.309 e. The molecule has 0 spiro atoms. The fourth-order valence-corrected chi connectivity index (χ4v) is 8.94. The van der Waals surface area contributed by atoms with Crippen molar-refractivity contribution in [2.75, 3.05) is 4.90 Å². The maximum atomic E-state index is 5.50. The summed E-state index contributed by atoms with van der Waals surface area (Å²) in [5.41, 5.74) is 15.1. The van der Waals surface area contributed by atoms with Gasteiger partial charge >= 0.3 is 0 Å². The first-order valence-corrected chi connectivity index (χ1v) is 19.4. The van der Waals surface area contributed by atoms with Crippen LogP contribution in [0.4, 0.5) is 11.4 Å². The van der Waals surface area contributed by atoms with Crippen molar-refractivity contribution in [3.05, 3.63) is 217 Å². The number of allylic oxidation sites excluding steroid dienone is 1. The lowest BCUT2D eigenvalue weighted by atomic mass is 9.85. The van der Waals surface area contributed by atoms with E-state index in [0.29, 0.717) is 5.82 Å². The number of hydrogen-bond acceptors (Lipinski definition) is 3. The third kappa shape index (κ3) is 5.08. The molecule has 1 aliphatic heterocycles. The lowest BCUT2D eigenvalue weighted by Crippen LogP contribution is -2.22. The number of rotatable bonds is 6. The first-order valence-electron chi connectivity index (χ1n) is 19.4. The van der Waals surface area contributed by atoms with Crippen molar-refractivity contribution in [1.29, 1.82) is 0 Å². The van der Waals surface area contributed by atoms with Gasteiger partial charge < -0.3 is 9.47 Å². The van der Waals surface area contributed by atoms with E-state index in [9.17, 15) is 0 Å². The number of aromatic nitrogens is 3. The molecule has 11 rings (SSSR count). The summed E-state index contributed by atoms with van der Waals surface area (Å²) in [4.78, 5) is 13.2. The summed E-state index contributed by atoms with van der Waals surface area (Å²) in [6.45, 7) is 6.62. The van der Waals surface area contributed by atoms with Gasteiger partial charge in [0.05, 0.1) is 39.3 Å². The van der Waals surface area contributed by atoms with Crippen LogP contribution in [-0.2, 0) is 0 Å². The molecule has 0 saturated carbocycles. The minimum Gasteiger partial charge on any atom is -0.309 e. The second-order valence-corrected chi connectivity index (χ2v) is 14.6. The van der Waals surface area contributed by atoms with E-state index in [1.54, 1.807) is 0 Å². The molecule has 0 amide bonds. The molecule has 2 aromatic heterocycles. The Kier molecular flexibility index (Phi) is 7.51. The Morgan fingerprint density at radius 3 is 2.04 bits per heavy atom. The van der Waals surface area contributed by atoms with Gasteiger partial charge in [0.25, 0.3) is 0 Å². The smallest absolute Gasteiger partial charge is 0.162 e.